The van der Waals surface area contributed by atoms with E-state index < -0.39 is 0 Å². The summed E-state index contributed by atoms with van der Waals surface area (Å²) in [6.45, 7) is 0.0287. The number of hydrogen-bond acceptors (Lipinski definition) is 2. The van der Waals surface area contributed by atoms with Crippen LogP contribution in [0, 0.1) is 5.82 Å². The average molecular weight is 182 g/mol. The molecule has 62 valence electrons. The summed E-state index contributed by atoms with van der Waals surface area (Å²) < 4.78 is 13.6. The van der Waals surface area contributed by atoms with Gasteiger partial charge in [0.25, 0.3) is 0 Å². The Hall–Kier alpha value is -0.930. The van der Waals surface area contributed by atoms with Crippen LogP contribution in [0.4, 0.5) is 4.39 Å². The molecule has 2 rings (SSSR count). The van der Waals surface area contributed by atoms with Crippen LogP contribution in [0.2, 0.25) is 0 Å². The average Bonchev–Trinajstić information content (AvgIpc) is 2.46. The number of hydrogen-bond donors (Lipinski definition) is 1. The number of aliphatic hydroxyl groups excluding tert-OH is 1. The molecular weight excluding hydrogens is 175 g/mol. The Morgan fingerprint density at radius 2 is 2.17 bits per heavy atom. The van der Waals surface area contributed by atoms with Gasteiger partial charge in [-0.15, -0.1) is 11.3 Å². The molecule has 2 aromatic rings. The number of aliphatic hydroxyl groups is 1. The van der Waals surface area contributed by atoms with Crippen molar-refractivity contribution in [2.45, 2.75) is 6.61 Å². The maximum Gasteiger partial charge on any atom is 0.124 e. The van der Waals surface area contributed by atoms with Crippen molar-refractivity contribution in [1.82, 2.24) is 0 Å². The smallest absolute Gasteiger partial charge is 0.124 e. The van der Waals surface area contributed by atoms with Crippen molar-refractivity contribution in [3.63, 3.8) is 0 Å². The Labute approximate surface area is 73.1 Å². The minimum absolute atomic E-state index is 0.0287. The summed E-state index contributed by atoms with van der Waals surface area (Å²) in [6, 6.07) is 6.51. The molecule has 0 spiro atoms. The molecule has 1 N–H and O–H groups in total. The summed E-state index contributed by atoms with van der Waals surface area (Å²) in [6.07, 6.45) is 0. The second kappa shape index (κ2) is 2.84. The summed E-state index contributed by atoms with van der Waals surface area (Å²) in [5.74, 6) is -0.228. The highest BCUT2D eigenvalue weighted by Crippen LogP contribution is 2.25. The van der Waals surface area contributed by atoms with Crippen molar-refractivity contribution in [3.05, 3.63) is 35.0 Å². The second-order valence-corrected chi connectivity index (χ2v) is 3.72. The van der Waals surface area contributed by atoms with Crippen LogP contribution in [0.5, 0.6) is 0 Å². The molecule has 0 saturated carbocycles. The van der Waals surface area contributed by atoms with Crippen molar-refractivity contribution in [1.29, 1.82) is 0 Å². The molecule has 0 amide bonds. The number of benzene rings is 1. The van der Waals surface area contributed by atoms with E-state index in [2.05, 4.69) is 0 Å². The lowest BCUT2D eigenvalue weighted by Gasteiger charge is -1.86. The summed E-state index contributed by atoms with van der Waals surface area (Å²) in [7, 11) is 0. The molecule has 0 atom stereocenters. The fraction of sp³-hybridized carbons (Fsp3) is 0.111. The summed E-state index contributed by atoms with van der Waals surface area (Å²) >= 11 is 1.42. The van der Waals surface area contributed by atoms with E-state index in [-0.39, 0.29) is 12.4 Å². The second-order valence-electron chi connectivity index (χ2n) is 2.55. The highest BCUT2D eigenvalue weighted by Gasteiger charge is 2.00. The van der Waals surface area contributed by atoms with E-state index >= 15 is 0 Å². The molecule has 0 unspecified atom stereocenters. The largest absolute Gasteiger partial charge is 0.391 e. The van der Waals surface area contributed by atoms with Crippen molar-refractivity contribution in [2.75, 3.05) is 0 Å². The normalized spacial score (nSPS) is 10.8. The van der Waals surface area contributed by atoms with Gasteiger partial charge in [-0.05, 0) is 23.6 Å². The van der Waals surface area contributed by atoms with Crippen molar-refractivity contribution >= 4 is 21.4 Å². The number of fused-ring (bicyclic) bond motifs is 1. The van der Waals surface area contributed by atoms with Gasteiger partial charge in [0.05, 0.1) is 6.61 Å². The third-order valence-electron chi connectivity index (χ3n) is 1.69. The molecule has 3 heteroatoms. The molecule has 0 fully saturated rings. The van der Waals surface area contributed by atoms with Gasteiger partial charge in [-0.3, -0.25) is 0 Å². The molecule has 1 aromatic carbocycles. The minimum Gasteiger partial charge on any atom is -0.391 e. The van der Waals surface area contributed by atoms with E-state index in [1.165, 1.54) is 23.5 Å². The lowest BCUT2D eigenvalue weighted by Crippen LogP contribution is -1.70. The highest BCUT2D eigenvalue weighted by atomic mass is 32.1. The summed E-state index contributed by atoms with van der Waals surface area (Å²) in [5, 5.41) is 9.82. The van der Waals surface area contributed by atoms with Crippen LogP contribution in [0.25, 0.3) is 10.1 Å². The molecule has 0 radical (unpaired) electrons. The predicted octanol–water partition coefficient (Wildman–Crippen LogP) is 2.53. The third kappa shape index (κ3) is 1.21. The lowest BCUT2D eigenvalue weighted by molar-refractivity contribution is 0.285. The monoisotopic (exact) mass is 182 g/mol. The van der Waals surface area contributed by atoms with Gasteiger partial charge in [0.1, 0.15) is 5.82 Å². The quantitative estimate of drug-likeness (QED) is 0.718. The van der Waals surface area contributed by atoms with Gasteiger partial charge in [0, 0.05) is 9.58 Å². The van der Waals surface area contributed by atoms with Gasteiger partial charge in [0.15, 0.2) is 0 Å². The van der Waals surface area contributed by atoms with Crippen LogP contribution in [0.1, 0.15) is 4.88 Å². The topological polar surface area (TPSA) is 20.2 Å². The van der Waals surface area contributed by atoms with E-state index in [0.29, 0.717) is 0 Å². The zero-order valence-electron chi connectivity index (χ0n) is 6.25. The van der Waals surface area contributed by atoms with E-state index in [9.17, 15) is 4.39 Å². The maximum atomic E-state index is 12.7. The standard InChI is InChI=1S/C9H7FOS/c10-7-2-1-6-3-8(5-11)12-9(6)4-7/h1-4,11H,5H2. The molecule has 0 bridgehead atoms. The van der Waals surface area contributed by atoms with E-state index in [0.717, 1.165) is 15.0 Å². The predicted molar refractivity (Wildman–Crippen MR) is 47.7 cm³/mol. The van der Waals surface area contributed by atoms with Gasteiger partial charge in [-0.1, -0.05) is 6.07 Å². The van der Waals surface area contributed by atoms with Crippen LogP contribution in [0.3, 0.4) is 0 Å². The first-order valence-corrected chi connectivity index (χ1v) is 4.40. The fourth-order valence-electron chi connectivity index (χ4n) is 1.14. The molecule has 1 heterocycles. The Morgan fingerprint density at radius 3 is 2.92 bits per heavy atom. The van der Waals surface area contributed by atoms with Crippen molar-refractivity contribution in [3.8, 4) is 0 Å². The van der Waals surface area contributed by atoms with Crippen LogP contribution in [-0.2, 0) is 6.61 Å². The molecule has 0 aliphatic carbocycles. The summed E-state index contributed by atoms with van der Waals surface area (Å²) in [4.78, 5) is 0.871. The van der Waals surface area contributed by atoms with Crippen LogP contribution in [0.15, 0.2) is 24.3 Å². The van der Waals surface area contributed by atoms with Gasteiger partial charge < -0.3 is 5.11 Å². The third-order valence-corrected chi connectivity index (χ3v) is 2.77. The van der Waals surface area contributed by atoms with Gasteiger partial charge in [-0.2, -0.15) is 0 Å². The number of thiophene rings is 1. The van der Waals surface area contributed by atoms with E-state index in [1.807, 2.05) is 6.07 Å². The highest BCUT2D eigenvalue weighted by molar-refractivity contribution is 7.19. The zero-order chi connectivity index (χ0) is 8.55. The summed E-state index contributed by atoms with van der Waals surface area (Å²) in [5.41, 5.74) is 0. The maximum absolute atomic E-state index is 12.7. The lowest BCUT2D eigenvalue weighted by atomic mass is 10.2. The molecule has 12 heavy (non-hydrogen) atoms. The Morgan fingerprint density at radius 1 is 1.33 bits per heavy atom. The van der Waals surface area contributed by atoms with E-state index in [4.69, 9.17) is 5.11 Å². The van der Waals surface area contributed by atoms with E-state index in [1.54, 1.807) is 6.07 Å². The molecule has 1 aromatic heterocycles. The minimum atomic E-state index is -0.228. The fourth-order valence-corrected chi connectivity index (χ4v) is 2.09. The first kappa shape index (κ1) is 7.71. The van der Waals surface area contributed by atoms with Crippen molar-refractivity contribution < 1.29 is 9.50 Å². The van der Waals surface area contributed by atoms with Crippen LogP contribution >= 0.6 is 11.3 Å². The van der Waals surface area contributed by atoms with Crippen molar-refractivity contribution in [2.24, 2.45) is 0 Å². The van der Waals surface area contributed by atoms with Gasteiger partial charge in [0.2, 0.25) is 0 Å². The first-order chi connectivity index (χ1) is 5.79. The van der Waals surface area contributed by atoms with Gasteiger partial charge >= 0.3 is 0 Å². The Bertz CT molecular complexity index is 408. The van der Waals surface area contributed by atoms with Gasteiger partial charge in [-0.25, -0.2) is 4.39 Å². The van der Waals surface area contributed by atoms with Crippen LogP contribution in [-0.4, -0.2) is 5.11 Å². The SMILES string of the molecule is OCc1cc2ccc(F)cc2s1. The molecule has 1 nitrogen and oxygen atoms in total. The first-order valence-electron chi connectivity index (χ1n) is 3.58. The number of rotatable bonds is 1. The zero-order valence-corrected chi connectivity index (χ0v) is 7.07. The molecular formula is C9H7FOS. The molecule has 0 saturated heterocycles. The molecule has 0 aliphatic rings. The molecule has 0 aliphatic heterocycles. The number of halogens is 1. The van der Waals surface area contributed by atoms with Crippen LogP contribution < -0.4 is 0 Å². The Balaban J connectivity index is 2.67. The Kier molecular flexibility index (Phi) is 1.83.